The molecule has 1 aromatic carbocycles. The molecule has 2 aliphatic rings. The van der Waals surface area contributed by atoms with Gasteiger partial charge in [0.05, 0.1) is 10.9 Å². The summed E-state index contributed by atoms with van der Waals surface area (Å²) in [5, 5.41) is 8.80. The van der Waals surface area contributed by atoms with Crippen LogP contribution < -0.4 is 0 Å². The van der Waals surface area contributed by atoms with Crippen molar-refractivity contribution in [3.63, 3.8) is 0 Å². The third-order valence-electron chi connectivity index (χ3n) is 5.71. The fourth-order valence-corrected chi connectivity index (χ4v) is 5.95. The first kappa shape index (κ1) is 18.6. The Morgan fingerprint density at radius 3 is 2.63 bits per heavy atom. The van der Waals surface area contributed by atoms with Crippen LogP contribution in [0.1, 0.15) is 68.7 Å². The summed E-state index contributed by atoms with van der Waals surface area (Å²) >= 11 is 0. The number of hydrogen-bond donors (Lipinski definition) is 0. The van der Waals surface area contributed by atoms with Gasteiger partial charge < -0.3 is 4.57 Å². The van der Waals surface area contributed by atoms with Gasteiger partial charge in [0, 0.05) is 19.5 Å². The SMILES string of the molecule is CCCc1ccc(S(=O)(=O)N2CCCC2c2nnc3n2CCCCC3)cc1. The van der Waals surface area contributed by atoms with Crippen LogP contribution in [0.2, 0.25) is 0 Å². The van der Waals surface area contributed by atoms with Crippen LogP contribution in [0.5, 0.6) is 0 Å². The van der Waals surface area contributed by atoms with E-state index in [1.165, 1.54) is 12.0 Å². The lowest BCUT2D eigenvalue weighted by molar-refractivity contribution is 0.370. The van der Waals surface area contributed by atoms with Gasteiger partial charge in [0.1, 0.15) is 5.82 Å². The van der Waals surface area contributed by atoms with Gasteiger partial charge in [0.25, 0.3) is 0 Å². The van der Waals surface area contributed by atoms with Crippen molar-refractivity contribution in [2.24, 2.45) is 0 Å². The van der Waals surface area contributed by atoms with E-state index in [0.717, 1.165) is 63.1 Å². The number of nitrogens with zero attached hydrogens (tertiary/aromatic N) is 4. The predicted molar refractivity (Wildman–Crippen MR) is 104 cm³/mol. The average Bonchev–Trinajstić information content (AvgIpc) is 3.24. The molecule has 0 amide bonds. The molecule has 2 aromatic rings. The van der Waals surface area contributed by atoms with Crippen LogP contribution in [0.4, 0.5) is 0 Å². The van der Waals surface area contributed by atoms with Gasteiger partial charge in [-0.1, -0.05) is 31.9 Å². The van der Waals surface area contributed by atoms with E-state index >= 15 is 0 Å². The second-order valence-corrected chi connectivity index (χ2v) is 9.50. The third-order valence-corrected chi connectivity index (χ3v) is 7.63. The maximum atomic E-state index is 13.3. The maximum absolute atomic E-state index is 13.3. The minimum atomic E-state index is -3.53. The second kappa shape index (κ2) is 7.72. The van der Waals surface area contributed by atoms with Crippen molar-refractivity contribution in [3.05, 3.63) is 41.5 Å². The Balaban J connectivity index is 1.64. The summed E-state index contributed by atoms with van der Waals surface area (Å²) in [6.45, 7) is 3.57. The van der Waals surface area contributed by atoms with Crippen molar-refractivity contribution in [1.29, 1.82) is 0 Å². The van der Waals surface area contributed by atoms with Crippen LogP contribution in [-0.2, 0) is 29.4 Å². The number of hydrogen-bond acceptors (Lipinski definition) is 4. The van der Waals surface area contributed by atoms with E-state index in [4.69, 9.17) is 0 Å². The first-order chi connectivity index (χ1) is 13.1. The molecule has 146 valence electrons. The van der Waals surface area contributed by atoms with E-state index in [2.05, 4.69) is 21.7 Å². The Kier molecular flexibility index (Phi) is 5.32. The molecule has 1 fully saturated rings. The standard InChI is InChI=1S/C20H28N4O2S/c1-2-7-16-10-12-17(13-11-16)27(25,26)24-15-6-8-18(24)20-22-21-19-9-4-3-5-14-23(19)20/h10-13,18H,2-9,14-15H2,1H3. The summed E-state index contributed by atoms with van der Waals surface area (Å²) < 4.78 is 30.4. The van der Waals surface area contributed by atoms with Crippen LogP contribution >= 0.6 is 0 Å². The van der Waals surface area contributed by atoms with Crippen LogP contribution in [0.15, 0.2) is 29.2 Å². The summed E-state index contributed by atoms with van der Waals surface area (Å²) in [4.78, 5) is 0.379. The van der Waals surface area contributed by atoms with Crippen molar-refractivity contribution >= 4 is 10.0 Å². The van der Waals surface area contributed by atoms with Crippen molar-refractivity contribution in [1.82, 2.24) is 19.1 Å². The Hall–Kier alpha value is -1.73. The van der Waals surface area contributed by atoms with Gasteiger partial charge in [0.15, 0.2) is 5.82 Å². The van der Waals surface area contributed by atoms with Gasteiger partial charge in [0.2, 0.25) is 10.0 Å². The summed E-state index contributed by atoms with van der Waals surface area (Å²) in [7, 11) is -3.53. The van der Waals surface area contributed by atoms with Gasteiger partial charge in [-0.3, -0.25) is 0 Å². The molecule has 1 aromatic heterocycles. The summed E-state index contributed by atoms with van der Waals surface area (Å²) in [6, 6.07) is 7.17. The number of rotatable bonds is 5. The Bertz CT molecular complexity index is 889. The molecule has 0 aliphatic carbocycles. The molecule has 2 aliphatic heterocycles. The van der Waals surface area contributed by atoms with Gasteiger partial charge in [-0.15, -0.1) is 10.2 Å². The fraction of sp³-hybridized carbons (Fsp3) is 0.600. The zero-order valence-electron chi connectivity index (χ0n) is 16.0. The first-order valence-electron chi connectivity index (χ1n) is 10.1. The van der Waals surface area contributed by atoms with Gasteiger partial charge in [-0.25, -0.2) is 8.42 Å². The summed E-state index contributed by atoms with van der Waals surface area (Å²) in [5.74, 6) is 1.84. The largest absolute Gasteiger partial charge is 0.314 e. The lowest BCUT2D eigenvalue weighted by atomic mass is 10.1. The monoisotopic (exact) mass is 388 g/mol. The van der Waals surface area contributed by atoms with Crippen molar-refractivity contribution < 1.29 is 8.42 Å². The van der Waals surface area contributed by atoms with Gasteiger partial charge >= 0.3 is 0 Å². The number of aryl methyl sites for hydroxylation is 2. The first-order valence-corrected chi connectivity index (χ1v) is 11.6. The van der Waals surface area contributed by atoms with E-state index in [0.29, 0.717) is 11.4 Å². The van der Waals surface area contributed by atoms with E-state index in [1.54, 1.807) is 16.4 Å². The van der Waals surface area contributed by atoms with Crippen molar-refractivity contribution in [2.45, 2.75) is 75.8 Å². The highest BCUT2D eigenvalue weighted by Gasteiger charge is 2.39. The summed E-state index contributed by atoms with van der Waals surface area (Å²) in [5.41, 5.74) is 1.18. The highest BCUT2D eigenvalue weighted by atomic mass is 32.2. The average molecular weight is 389 g/mol. The molecule has 0 saturated carbocycles. The minimum absolute atomic E-state index is 0.204. The molecule has 1 saturated heterocycles. The number of benzene rings is 1. The lowest BCUT2D eigenvalue weighted by Gasteiger charge is -2.24. The molecular weight excluding hydrogens is 360 g/mol. The molecule has 3 heterocycles. The van der Waals surface area contributed by atoms with Crippen molar-refractivity contribution in [3.8, 4) is 0 Å². The quantitative estimate of drug-likeness (QED) is 0.786. The normalized spacial score (nSPS) is 21.1. The topological polar surface area (TPSA) is 68.1 Å². The molecule has 1 atom stereocenters. The summed E-state index contributed by atoms with van der Waals surface area (Å²) in [6.07, 6.45) is 8.07. The van der Waals surface area contributed by atoms with Crippen LogP contribution in [-0.4, -0.2) is 34.0 Å². The number of fused-ring (bicyclic) bond motifs is 1. The molecule has 0 bridgehead atoms. The van der Waals surface area contributed by atoms with E-state index < -0.39 is 10.0 Å². The molecule has 4 rings (SSSR count). The lowest BCUT2D eigenvalue weighted by Crippen LogP contribution is -2.32. The highest BCUT2D eigenvalue weighted by molar-refractivity contribution is 7.89. The van der Waals surface area contributed by atoms with Crippen molar-refractivity contribution in [2.75, 3.05) is 6.54 Å². The Labute approximate surface area is 161 Å². The molecular formula is C20H28N4O2S. The minimum Gasteiger partial charge on any atom is -0.314 e. The van der Waals surface area contributed by atoms with E-state index in [1.807, 2.05) is 12.1 Å². The Morgan fingerprint density at radius 1 is 1.04 bits per heavy atom. The number of sulfonamides is 1. The number of aromatic nitrogens is 3. The van der Waals surface area contributed by atoms with E-state index in [-0.39, 0.29) is 6.04 Å². The fourth-order valence-electron chi connectivity index (χ4n) is 4.29. The highest BCUT2D eigenvalue weighted by Crippen LogP contribution is 2.36. The molecule has 7 heteroatoms. The van der Waals surface area contributed by atoms with E-state index in [9.17, 15) is 8.42 Å². The molecule has 27 heavy (non-hydrogen) atoms. The molecule has 0 radical (unpaired) electrons. The predicted octanol–water partition coefficient (Wildman–Crippen LogP) is 3.48. The second-order valence-electron chi connectivity index (χ2n) is 7.60. The van der Waals surface area contributed by atoms with Crippen LogP contribution in [0, 0.1) is 0 Å². The van der Waals surface area contributed by atoms with Gasteiger partial charge in [-0.2, -0.15) is 4.31 Å². The zero-order valence-corrected chi connectivity index (χ0v) is 16.8. The zero-order chi connectivity index (χ0) is 18.9. The van der Waals surface area contributed by atoms with Crippen LogP contribution in [0.3, 0.4) is 0 Å². The third kappa shape index (κ3) is 3.55. The smallest absolute Gasteiger partial charge is 0.243 e. The van der Waals surface area contributed by atoms with Crippen LogP contribution in [0.25, 0.3) is 0 Å². The molecule has 0 N–H and O–H groups in total. The van der Waals surface area contributed by atoms with Gasteiger partial charge in [-0.05, 0) is 49.8 Å². The molecule has 6 nitrogen and oxygen atoms in total. The maximum Gasteiger partial charge on any atom is 0.243 e. The molecule has 1 unspecified atom stereocenters. The molecule has 0 spiro atoms. The Morgan fingerprint density at radius 2 is 1.85 bits per heavy atom.